The molecule has 1 aliphatic heterocycles. The van der Waals surface area contributed by atoms with Gasteiger partial charge in [0.15, 0.2) is 0 Å². The topological polar surface area (TPSA) is 79.5 Å². The Labute approximate surface area is 107 Å². The first-order valence-corrected chi connectivity index (χ1v) is 6.26. The van der Waals surface area contributed by atoms with Crippen LogP contribution >= 0.6 is 0 Å². The zero-order valence-corrected chi connectivity index (χ0v) is 10.5. The Hall–Kier alpha value is -1.62. The van der Waals surface area contributed by atoms with E-state index < -0.39 is 6.10 Å². The third-order valence-corrected chi connectivity index (χ3v) is 3.46. The maximum Gasteiger partial charge on any atom is 0.220 e. The molecule has 1 amide bonds. The fourth-order valence-electron chi connectivity index (χ4n) is 2.25. The predicted octanol–water partition coefficient (Wildman–Crippen LogP) is 0.837. The van der Waals surface area contributed by atoms with Crippen LogP contribution in [0.25, 0.3) is 0 Å². The number of nitrogens with two attached hydrogens (primary N) is 1. The third-order valence-electron chi connectivity index (χ3n) is 3.46. The summed E-state index contributed by atoms with van der Waals surface area (Å²) in [6.45, 7) is 3.34. The van der Waals surface area contributed by atoms with Crippen molar-refractivity contribution in [2.45, 2.75) is 25.9 Å². The zero-order valence-electron chi connectivity index (χ0n) is 10.5. The van der Waals surface area contributed by atoms with Gasteiger partial charge in [-0.3, -0.25) is 9.78 Å². The summed E-state index contributed by atoms with van der Waals surface area (Å²) >= 11 is 0. The molecule has 2 rings (SSSR count). The highest BCUT2D eigenvalue weighted by atomic mass is 16.3. The molecule has 1 fully saturated rings. The number of hydrogen-bond acceptors (Lipinski definition) is 4. The lowest BCUT2D eigenvalue weighted by Gasteiger charge is -2.32. The van der Waals surface area contributed by atoms with E-state index in [-0.39, 0.29) is 11.8 Å². The second-order valence-electron chi connectivity index (χ2n) is 4.78. The number of nitrogens with zero attached hydrogens (tertiary/aromatic N) is 2. The summed E-state index contributed by atoms with van der Waals surface area (Å²) in [5.41, 5.74) is 7.01. The normalized spacial score (nSPS) is 18.7. The highest BCUT2D eigenvalue weighted by Crippen LogP contribution is 2.23. The van der Waals surface area contributed by atoms with Crippen LogP contribution in [0.15, 0.2) is 18.3 Å². The molecule has 0 spiro atoms. The van der Waals surface area contributed by atoms with Gasteiger partial charge in [-0.2, -0.15) is 0 Å². The second-order valence-corrected chi connectivity index (χ2v) is 4.78. The molecule has 98 valence electrons. The van der Waals surface area contributed by atoms with Crippen molar-refractivity contribution in [2.24, 2.45) is 11.7 Å². The summed E-state index contributed by atoms with van der Waals surface area (Å²) in [5, 5.41) is 9.39. The number of hydrogen-bond donors (Lipinski definition) is 2. The summed E-state index contributed by atoms with van der Waals surface area (Å²) in [5.74, 6) is -0.192. The Balaban J connectivity index is 1.99. The minimum Gasteiger partial charge on any atom is -0.387 e. The lowest BCUT2D eigenvalue weighted by molar-refractivity contribution is -0.122. The molecule has 3 N–H and O–H groups in total. The number of aromatic nitrogens is 1. The molecular formula is C13H19N3O2. The standard InChI is InChI=1S/C13H19N3O2/c1-9(17)12-3-2-11(8-15-12)16-6-4-10(5-7-16)13(14)18/h2-3,8-10,17H,4-7H2,1H3,(H2,14,18). The van der Waals surface area contributed by atoms with Gasteiger partial charge in [-0.1, -0.05) is 0 Å². The van der Waals surface area contributed by atoms with Gasteiger partial charge >= 0.3 is 0 Å². The first-order valence-electron chi connectivity index (χ1n) is 6.26. The van der Waals surface area contributed by atoms with Gasteiger partial charge in [0, 0.05) is 19.0 Å². The molecule has 1 atom stereocenters. The number of primary amides is 1. The van der Waals surface area contributed by atoms with Crippen LogP contribution in [-0.2, 0) is 4.79 Å². The fraction of sp³-hybridized carbons (Fsp3) is 0.538. The number of anilines is 1. The second kappa shape index (κ2) is 5.35. The monoisotopic (exact) mass is 249 g/mol. The molecule has 1 aromatic rings. The van der Waals surface area contributed by atoms with Gasteiger partial charge in [0.05, 0.1) is 23.7 Å². The van der Waals surface area contributed by atoms with Crippen LogP contribution < -0.4 is 10.6 Å². The average molecular weight is 249 g/mol. The number of aliphatic hydroxyl groups is 1. The van der Waals surface area contributed by atoms with E-state index in [1.165, 1.54) is 0 Å². The zero-order chi connectivity index (χ0) is 13.1. The number of carbonyl (C=O) groups excluding carboxylic acids is 1. The van der Waals surface area contributed by atoms with Gasteiger partial charge in [0.2, 0.25) is 5.91 Å². The van der Waals surface area contributed by atoms with E-state index in [9.17, 15) is 9.90 Å². The molecule has 1 unspecified atom stereocenters. The first kappa shape index (κ1) is 12.8. The summed E-state index contributed by atoms with van der Waals surface area (Å²) in [6, 6.07) is 3.79. The number of carbonyl (C=O) groups is 1. The molecule has 5 nitrogen and oxygen atoms in total. The molecule has 0 aromatic carbocycles. The van der Waals surface area contributed by atoms with Crippen molar-refractivity contribution in [3.8, 4) is 0 Å². The van der Waals surface area contributed by atoms with Crippen molar-refractivity contribution in [1.29, 1.82) is 0 Å². The third kappa shape index (κ3) is 2.79. The van der Waals surface area contributed by atoms with Crippen LogP contribution in [0.3, 0.4) is 0 Å². The molecule has 2 heterocycles. The van der Waals surface area contributed by atoms with Crippen LogP contribution in [0.5, 0.6) is 0 Å². The maximum absolute atomic E-state index is 11.1. The van der Waals surface area contributed by atoms with Crippen molar-refractivity contribution >= 4 is 11.6 Å². The van der Waals surface area contributed by atoms with Crippen LogP contribution in [0.1, 0.15) is 31.6 Å². The van der Waals surface area contributed by atoms with E-state index >= 15 is 0 Å². The molecule has 0 aliphatic carbocycles. The van der Waals surface area contributed by atoms with Gasteiger partial charge in [0.1, 0.15) is 0 Å². The highest BCUT2D eigenvalue weighted by Gasteiger charge is 2.23. The van der Waals surface area contributed by atoms with Gasteiger partial charge in [-0.15, -0.1) is 0 Å². The van der Waals surface area contributed by atoms with E-state index in [1.54, 1.807) is 13.1 Å². The van der Waals surface area contributed by atoms with E-state index in [4.69, 9.17) is 5.73 Å². The van der Waals surface area contributed by atoms with Crippen LogP contribution in [0, 0.1) is 5.92 Å². The number of pyridine rings is 1. The molecule has 1 saturated heterocycles. The van der Waals surface area contributed by atoms with E-state index in [2.05, 4.69) is 9.88 Å². The van der Waals surface area contributed by atoms with Crippen LogP contribution in [-0.4, -0.2) is 29.1 Å². The van der Waals surface area contributed by atoms with Crippen molar-refractivity contribution in [3.05, 3.63) is 24.0 Å². The quantitative estimate of drug-likeness (QED) is 0.831. The summed E-state index contributed by atoms with van der Waals surface area (Å²) in [4.78, 5) is 17.5. The lowest BCUT2D eigenvalue weighted by atomic mass is 9.96. The Morgan fingerprint density at radius 1 is 1.50 bits per heavy atom. The average Bonchev–Trinajstić information content (AvgIpc) is 2.39. The molecule has 0 bridgehead atoms. The first-order chi connectivity index (χ1) is 8.58. The van der Waals surface area contributed by atoms with Gasteiger partial charge in [0.25, 0.3) is 0 Å². The number of amides is 1. The Morgan fingerprint density at radius 2 is 2.17 bits per heavy atom. The molecule has 0 saturated carbocycles. The smallest absolute Gasteiger partial charge is 0.220 e. The van der Waals surface area contributed by atoms with Gasteiger partial charge in [-0.25, -0.2) is 0 Å². The fourth-order valence-corrected chi connectivity index (χ4v) is 2.25. The van der Waals surface area contributed by atoms with Crippen LogP contribution in [0.2, 0.25) is 0 Å². The van der Waals surface area contributed by atoms with E-state index in [1.807, 2.05) is 12.1 Å². The number of aliphatic hydroxyl groups excluding tert-OH is 1. The van der Waals surface area contributed by atoms with Crippen LogP contribution in [0.4, 0.5) is 5.69 Å². The van der Waals surface area contributed by atoms with Crippen molar-refractivity contribution in [1.82, 2.24) is 4.98 Å². The number of rotatable bonds is 3. The minimum absolute atomic E-state index is 0.00551. The molecule has 0 radical (unpaired) electrons. The lowest BCUT2D eigenvalue weighted by Crippen LogP contribution is -2.38. The molecule has 1 aliphatic rings. The highest BCUT2D eigenvalue weighted by molar-refractivity contribution is 5.77. The van der Waals surface area contributed by atoms with Gasteiger partial charge < -0.3 is 15.7 Å². The minimum atomic E-state index is -0.542. The molecule has 18 heavy (non-hydrogen) atoms. The van der Waals surface area contributed by atoms with Crippen molar-refractivity contribution in [2.75, 3.05) is 18.0 Å². The Kier molecular flexibility index (Phi) is 3.81. The molecule has 1 aromatic heterocycles. The van der Waals surface area contributed by atoms with Gasteiger partial charge in [-0.05, 0) is 31.9 Å². The summed E-state index contributed by atoms with van der Waals surface area (Å²) in [6.07, 6.45) is 2.83. The van der Waals surface area contributed by atoms with Crippen molar-refractivity contribution < 1.29 is 9.90 Å². The summed E-state index contributed by atoms with van der Waals surface area (Å²) < 4.78 is 0. The predicted molar refractivity (Wildman–Crippen MR) is 69.0 cm³/mol. The molecule has 5 heteroatoms. The number of piperidine rings is 1. The van der Waals surface area contributed by atoms with E-state index in [0.29, 0.717) is 5.69 Å². The Bertz CT molecular complexity index is 409. The largest absolute Gasteiger partial charge is 0.387 e. The SMILES string of the molecule is CC(O)c1ccc(N2CCC(C(N)=O)CC2)cn1. The summed E-state index contributed by atoms with van der Waals surface area (Å²) in [7, 11) is 0. The van der Waals surface area contributed by atoms with Crippen molar-refractivity contribution in [3.63, 3.8) is 0 Å². The maximum atomic E-state index is 11.1. The molecular weight excluding hydrogens is 230 g/mol. The van der Waals surface area contributed by atoms with E-state index in [0.717, 1.165) is 31.6 Å². The Morgan fingerprint density at radius 3 is 2.61 bits per heavy atom.